The van der Waals surface area contributed by atoms with Crippen LogP contribution in [0.3, 0.4) is 0 Å². The van der Waals surface area contributed by atoms with Crippen LogP contribution in [0, 0.1) is 12.3 Å². The summed E-state index contributed by atoms with van der Waals surface area (Å²) >= 11 is 5.63. The van der Waals surface area contributed by atoms with Crippen molar-refractivity contribution < 1.29 is 4.79 Å². The molecule has 0 aromatic carbocycles. The van der Waals surface area contributed by atoms with Crippen LogP contribution in [0.15, 0.2) is 18.2 Å². The van der Waals surface area contributed by atoms with Gasteiger partial charge in [0.2, 0.25) is 0 Å². The zero-order chi connectivity index (χ0) is 10.6. The fourth-order valence-corrected chi connectivity index (χ4v) is 1.01. The number of rotatable bonds is 2. The van der Waals surface area contributed by atoms with Gasteiger partial charge in [0.1, 0.15) is 10.8 Å². The quantitative estimate of drug-likeness (QED) is 0.591. The molecule has 72 valence electrons. The van der Waals surface area contributed by atoms with Crippen molar-refractivity contribution in [2.45, 2.75) is 13.0 Å². The smallest absolute Gasteiger partial charge is 0.270 e. The summed E-state index contributed by atoms with van der Waals surface area (Å²) < 4.78 is 0. The molecule has 1 atom stereocenters. The molecule has 1 heterocycles. The third-order valence-corrected chi connectivity index (χ3v) is 1.76. The zero-order valence-corrected chi connectivity index (χ0v) is 8.38. The molecule has 0 saturated carbocycles. The molecule has 0 aliphatic rings. The van der Waals surface area contributed by atoms with E-state index >= 15 is 0 Å². The minimum atomic E-state index is -0.321. The van der Waals surface area contributed by atoms with Gasteiger partial charge >= 0.3 is 0 Å². The molecule has 0 fully saturated rings. The monoisotopic (exact) mass is 208 g/mol. The third kappa shape index (κ3) is 2.75. The standard InChI is InChI=1S/C10H9ClN2O/c1-3-7(2)12-10(14)8-5-4-6-9(11)13-8/h1,4-7H,2H3,(H,12,14). The van der Waals surface area contributed by atoms with Crippen LogP contribution in [-0.2, 0) is 0 Å². The van der Waals surface area contributed by atoms with E-state index in [4.69, 9.17) is 18.0 Å². The zero-order valence-electron chi connectivity index (χ0n) is 7.62. The van der Waals surface area contributed by atoms with Gasteiger partial charge in [-0.1, -0.05) is 23.6 Å². The van der Waals surface area contributed by atoms with Crippen LogP contribution in [0.5, 0.6) is 0 Å². The van der Waals surface area contributed by atoms with Crippen molar-refractivity contribution >= 4 is 17.5 Å². The van der Waals surface area contributed by atoms with Crippen LogP contribution in [0.2, 0.25) is 5.15 Å². The van der Waals surface area contributed by atoms with E-state index in [-0.39, 0.29) is 22.8 Å². The Hall–Kier alpha value is -1.53. The lowest BCUT2D eigenvalue weighted by Gasteiger charge is -2.06. The van der Waals surface area contributed by atoms with Gasteiger partial charge in [0, 0.05) is 0 Å². The summed E-state index contributed by atoms with van der Waals surface area (Å²) in [5.41, 5.74) is 0.264. The minimum Gasteiger partial charge on any atom is -0.337 e. The number of carbonyl (C=O) groups excluding carboxylic acids is 1. The second-order valence-corrected chi connectivity index (χ2v) is 3.09. The Morgan fingerprint density at radius 3 is 3.00 bits per heavy atom. The molecule has 3 nitrogen and oxygen atoms in total. The molecule has 1 aromatic rings. The molecule has 0 spiro atoms. The second kappa shape index (κ2) is 4.64. The van der Waals surface area contributed by atoms with Crippen molar-refractivity contribution in [1.29, 1.82) is 0 Å². The minimum absolute atomic E-state index is 0.264. The lowest BCUT2D eigenvalue weighted by molar-refractivity contribution is 0.0943. The summed E-state index contributed by atoms with van der Waals surface area (Å²) in [4.78, 5) is 15.3. The molecular formula is C10H9ClN2O. The van der Waals surface area contributed by atoms with Crippen LogP contribution in [0.1, 0.15) is 17.4 Å². The van der Waals surface area contributed by atoms with E-state index in [1.54, 1.807) is 25.1 Å². The number of hydrogen-bond acceptors (Lipinski definition) is 2. The number of terminal acetylenes is 1. The number of amides is 1. The molecule has 1 rings (SSSR count). The number of nitrogens with one attached hydrogen (secondary N) is 1. The number of halogens is 1. The van der Waals surface area contributed by atoms with E-state index < -0.39 is 0 Å². The maximum Gasteiger partial charge on any atom is 0.270 e. The van der Waals surface area contributed by atoms with E-state index in [1.807, 2.05) is 0 Å². The highest BCUT2D eigenvalue weighted by Crippen LogP contribution is 2.04. The molecule has 1 aromatic heterocycles. The van der Waals surface area contributed by atoms with Gasteiger partial charge in [-0.25, -0.2) is 4.98 Å². The first-order chi connectivity index (χ1) is 6.63. The van der Waals surface area contributed by atoms with E-state index in [9.17, 15) is 4.79 Å². The predicted octanol–water partition coefficient (Wildman–Crippen LogP) is 1.49. The summed E-state index contributed by atoms with van der Waals surface area (Å²) in [6.45, 7) is 1.71. The summed E-state index contributed by atoms with van der Waals surface area (Å²) in [5, 5.41) is 2.86. The third-order valence-electron chi connectivity index (χ3n) is 1.55. The van der Waals surface area contributed by atoms with Crippen LogP contribution in [-0.4, -0.2) is 16.9 Å². The van der Waals surface area contributed by atoms with Crippen molar-refractivity contribution in [1.82, 2.24) is 10.3 Å². The van der Waals surface area contributed by atoms with Gasteiger partial charge in [-0.05, 0) is 19.1 Å². The second-order valence-electron chi connectivity index (χ2n) is 2.71. The molecule has 14 heavy (non-hydrogen) atoms. The molecule has 0 bridgehead atoms. The van der Waals surface area contributed by atoms with Gasteiger partial charge in [0.15, 0.2) is 0 Å². The molecule has 0 aliphatic carbocycles. The lowest BCUT2D eigenvalue weighted by atomic mass is 10.3. The number of nitrogens with zero attached hydrogens (tertiary/aromatic N) is 1. The topological polar surface area (TPSA) is 42.0 Å². The maximum atomic E-state index is 11.4. The summed E-state index contributed by atoms with van der Waals surface area (Å²) in [5.74, 6) is 2.07. The van der Waals surface area contributed by atoms with Crippen LogP contribution < -0.4 is 5.32 Å². The first-order valence-corrected chi connectivity index (χ1v) is 4.41. The Morgan fingerprint density at radius 2 is 2.43 bits per heavy atom. The van der Waals surface area contributed by atoms with Crippen molar-refractivity contribution in [2.75, 3.05) is 0 Å². The van der Waals surface area contributed by atoms with Gasteiger partial charge in [0.25, 0.3) is 5.91 Å². The lowest BCUT2D eigenvalue weighted by Crippen LogP contribution is -2.31. The van der Waals surface area contributed by atoms with Crippen LogP contribution in [0.25, 0.3) is 0 Å². The summed E-state index contributed by atoms with van der Waals surface area (Å²) in [6, 6.07) is 4.52. The Balaban J connectivity index is 2.76. The number of pyridine rings is 1. The fraction of sp³-hybridized carbons (Fsp3) is 0.200. The first-order valence-electron chi connectivity index (χ1n) is 4.03. The molecule has 4 heteroatoms. The largest absolute Gasteiger partial charge is 0.337 e. The van der Waals surface area contributed by atoms with Gasteiger partial charge in [0.05, 0.1) is 6.04 Å². The van der Waals surface area contributed by atoms with Gasteiger partial charge in [-0.3, -0.25) is 4.79 Å². The van der Waals surface area contributed by atoms with E-state index in [2.05, 4.69) is 16.2 Å². The van der Waals surface area contributed by atoms with Gasteiger partial charge < -0.3 is 5.32 Å². The number of carbonyl (C=O) groups is 1. The molecule has 0 aliphatic heterocycles. The normalized spacial score (nSPS) is 11.5. The Kier molecular flexibility index (Phi) is 3.49. The van der Waals surface area contributed by atoms with Crippen LogP contribution in [0.4, 0.5) is 0 Å². The highest BCUT2D eigenvalue weighted by molar-refractivity contribution is 6.29. The highest BCUT2D eigenvalue weighted by Gasteiger charge is 2.08. The summed E-state index contributed by atoms with van der Waals surface area (Å²) in [7, 11) is 0. The van der Waals surface area contributed by atoms with Crippen molar-refractivity contribution in [3.05, 3.63) is 29.0 Å². The molecule has 1 N–H and O–H groups in total. The van der Waals surface area contributed by atoms with E-state index in [1.165, 1.54) is 0 Å². The molecule has 0 radical (unpaired) electrons. The van der Waals surface area contributed by atoms with Crippen molar-refractivity contribution in [2.24, 2.45) is 0 Å². The average molecular weight is 209 g/mol. The number of aromatic nitrogens is 1. The number of hydrogen-bond donors (Lipinski definition) is 1. The Labute approximate surface area is 87.5 Å². The first kappa shape index (κ1) is 10.6. The SMILES string of the molecule is C#CC(C)NC(=O)c1cccc(Cl)n1. The summed E-state index contributed by atoms with van der Waals surface area (Å²) in [6.07, 6.45) is 5.12. The molecular weight excluding hydrogens is 200 g/mol. The average Bonchev–Trinajstić information content (AvgIpc) is 2.17. The highest BCUT2D eigenvalue weighted by atomic mass is 35.5. The van der Waals surface area contributed by atoms with Crippen molar-refractivity contribution in [3.8, 4) is 12.3 Å². The van der Waals surface area contributed by atoms with Crippen LogP contribution >= 0.6 is 11.6 Å². The molecule has 1 unspecified atom stereocenters. The molecule has 0 saturated heterocycles. The fourth-order valence-electron chi connectivity index (χ4n) is 0.847. The maximum absolute atomic E-state index is 11.4. The van der Waals surface area contributed by atoms with E-state index in [0.29, 0.717) is 0 Å². The van der Waals surface area contributed by atoms with E-state index in [0.717, 1.165) is 0 Å². The van der Waals surface area contributed by atoms with Gasteiger partial charge in [-0.15, -0.1) is 6.42 Å². The molecule has 1 amide bonds. The van der Waals surface area contributed by atoms with Gasteiger partial charge in [-0.2, -0.15) is 0 Å². The Bertz CT molecular complexity index is 384. The Morgan fingerprint density at radius 1 is 1.71 bits per heavy atom. The predicted molar refractivity (Wildman–Crippen MR) is 55.0 cm³/mol. The van der Waals surface area contributed by atoms with Crippen molar-refractivity contribution in [3.63, 3.8) is 0 Å².